The third-order valence-corrected chi connectivity index (χ3v) is 4.62. The minimum Gasteiger partial charge on any atom is -0.452 e. The standard InChI is InChI=1S/C19H19N3O6S/c1-29-14-7-8-16(22(26)27)15(11-14)19(25)28-12-18(24)21(10-9-17(20)23)13-5-3-2-4-6-13/h2-8,11H,9-10,12H2,1H3,(H2,20,23). The maximum atomic E-state index is 12.6. The number of nitro benzene ring substituents is 1. The van der Waals surface area contributed by atoms with Gasteiger partial charge in [0.25, 0.3) is 11.6 Å². The number of esters is 1. The third kappa shape index (κ3) is 6.04. The van der Waals surface area contributed by atoms with E-state index in [4.69, 9.17) is 10.5 Å². The Morgan fingerprint density at radius 2 is 1.86 bits per heavy atom. The molecular formula is C19H19N3O6S. The lowest BCUT2D eigenvalue weighted by Gasteiger charge is -2.22. The number of amides is 2. The number of thioether (sulfide) groups is 1. The highest BCUT2D eigenvalue weighted by molar-refractivity contribution is 7.98. The zero-order valence-electron chi connectivity index (χ0n) is 15.6. The predicted octanol–water partition coefficient (Wildman–Crippen LogP) is 2.38. The summed E-state index contributed by atoms with van der Waals surface area (Å²) in [5.41, 5.74) is 5.02. The maximum absolute atomic E-state index is 12.6. The molecule has 2 amide bonds. The Hall–Kier alpha value is -3.40. The van der Waals surface area contributed by atoms with E-state index in [0.717, 1.165) is 0 Å². The number of anilines is 1. The average molecular weight is 417 g/mol. The zero-order chi connectivity index (χ0) is 21.4. The highest BCUT2D eigenvalue weighted by Crippen LogP contribution is 2.25. The van der Waals surface area contributed by atoms with E-state index in [9.17, 15) is 24.5 Å². The van der Waals surface area contributed by atoms with Crippen molar-refractivity contribution in [3.05, 3.63) is 64.2 Å². The molecule has 2 rings (SSSR count). The fourth-order valence-corrected chi connectivity index (χ4v) is 2.92. The summed E-state index contributed by atoms with van der Waals surface area (Å²) in [4.78, 5) is 48.5. The van der Waals surface area contributed by atoms with Crippen LogP contribution in [-0.4, -0.2) is 42.1 Å². The van der Waals surface area contributed by atoms with Crippen molar-refractivity contribution < 1.29 is 24.0 Å². The summed E-state index contributed by atoms with van der Waals surface area (Å²) in [6, 6.07) is 12.6. The van der Waals surface area contributed by atoms with Gasteiger partial charge in [-0.25, -0.2) is 4.79 Å². The van der Waals surface area contributed by atoms with Gasteiger partial charge in [0.05, 0.1) is 4.92 Å². The van der Waals surface area contributed by atoms with Crippen LogP contribution in [0.3, 0.4) is 0 Å². The van der Waals surface area contributed by atoms with Gasteiger partial charge in [0, 0.05) is 29.6 Å². The van der Waals surface area contributed by atoms with E-state index in [1.807, 2.05) is 0 Å². The Morgan fingerprint density at radius 3 is 2.45 bits per heavy atom. The Morgan fingerprint density at radius 1 is 1.17 bits per heavy atom. The number of carbonyl (C=O) groups is 3. The topological polar surface area (TPSA) is 133 Å². The summed E-state index contributed by atoms with van der Waals surface area (Å²) < 4.78 is 5.03. The lowest BCUT2D eigenvalue weighted by molar-refractivity contribution is -0.385. The zero-order valence-corrected chi connectivity index (χ0v) is 16.4. The second kappa shape index (κ2) is 10.2. The van der Waals surface area contributed by atoms with Gasteiger partial charge in [-0.1, -0.05) is 18.2 Å². The van der Waals surface area contributed by atoms with Crippen LogP contribution >= 0.6 is 11.8 Å². The van der Waals surface area contributed by atoms with Crippen LogP contribution in [0.15, 0.2) is 53.4 Å². The van der Waals surface area contributed by atoms with E-state index in [0.29, 0.717) is 10.6 Å². The summed E-state index contributed by atoms with van der Waals surface area (Å²) in [7, 11) is 0. The van der Waals surface area contributed by atoms with Crippen LogP contribution in [0.2, 0.25) is 0 Å². The molecule has 2 aromatic rings. The van der Waals surface area contributed by atoms with E-state index < -0.39 is 35.0 Å². The molecule has 9 nitrogen and oxygen atoms in total. The molecule has 152 valence electrons. The summed E-state index contributed by atoms with van der Waals surface area (Å²) in [5.74, 6) is -2.15. The fourth-order valence-electron chi connectivity index (χ4n) is 2.48. The number of ether oxygens (including phenoxy) is 1. The first-order chi connectivity index (χ1) is 13.8. The van der Waals surface area contributed by atoms with Crippen LogP contribution in [0, 0.1) is 10.1 Å². The molecule has 0 radical (unpaired) electrons. The number of nitrogens with two attached hydrogens (primary N) is 1. The second-order valence-electron chi connectivity index (χ2n) is 5.81. The van der Waals surface area contributed by atoms with E-state index in [1.165, 1.54) is 34.9 Å². The van der Waals surface area contributed by atoms with Gasteiger partial charge in [0.2, 0.25) is 5.91 Å². The molecule has 0 spiro atoms. The molecule has 0 bridgehead atoms. The van der Waals surface area contributed by atoms with Gasteiger partial charge in [-0.15, -0.1) is 11.8 Å². The molecule has 0 heterocycles. The van der Waals surface area contributed by atoms with Gasteiger partial charge in [-0.05, 0) is 30.5 Å². The van der Waals surface area contributed by atoms with Crippen LogP contribution in [0.25, 0.3) is 0 Å². The number of nitrogens with zero attached hydrogens (tertiary/aromatic N) is 2. The van der Waals surface area contributed by atoms with Crippen LogP contribution in [0.4, 0.5) is 11.4 Å². The van der Waals surface area contributed by atoms with Gasteiger partial charge < -0.3 is 15.4 Å². The molecule has 0 aromatic heterocycles. The predicted molar refractivity (Wildman–Crippen MR) is 108 cm³/mol. The molecule has 0 unspecified atom stereocenters. The van der Waals surface area contributed by atoms with E-state index in [-0.39, 0.29) is 18.5 Å². The van der Waals surface area contributed by atoms with E-state index in [2.05, 4.69) is 0 Å². The van der Waals surface area contributed by atoms with Crippen molar-refractivity contribution in [3.8, 4) is 0 Å². The normalized spacial score (nSPS) is 10.2. The van der Waals surface area contributed by atoms with Gasteiger partial charge in [-0.2, -0.15) is 0 Å². The SMILES string of the molecule is CSc1ccc([N+](=O)[O-])c(C(=O)OCC(=O)N(CCC(N)=O)c2ccccc2)c1. The van der Waals surface area contributed by atoms with Crippen LogP contribution in [-0.2, 0) is 14.3 Å². The monoisotopic (exact) mass is 417 g/mol. The maximum Gasteiger partial charge on any atom is 0.345 e. The van der Waals surface area contributed by atoms with Crippen molar-refractivity contribution in [2.45, 2.75) is 11.3 Å². The van der Waals surface area contributed by atoms with Crippen molar-refractivity contribution in [2.75, 3.05) is 24.3 Å². The summed E-state index contributed by atoms with van der Waals surface area (Å²) in [6.45, 7) is -0.634. The van der Waals surface area contributed by atoms with Crippen molar-refractivity contribution in [1.29, 1.82) is 0 Å². The number of hydrogen-bond donors (Lipinski definition) is 1. The third-order valence-electron chi connectivity index (χ3n) is 3.90. The highest BCUT2D eigenvalue weighted by atomic mass is 32.2. The number of nitro groups is 1. The number of rotatable bonds is 9. The molecule has 29 heavy (non-hydrogen) atoms. The molecule has 0 saturated heterocycles. The highest BCUT2D eigenvalue weighted by Gasteiger charge is 2.24. The first-order valence-electron chi connectivity index (χ1n) is 8.46. The molecule has 0 saturated carbocycles. The minimum absolute atomic E-state index is 0.0117. The lowest BCUT2D eigenvalue weighted by atomic mass is 10.2. The first-order valence-corrected chi connectivity index (χ1v) is 9.69. The molecule has 0 fully saturated rings. The molecule has 0 aliphatic rings. The smallest absolute Gasteiger partial charge is 0.345 e. The van der Waals surface area contributed by atoms with Crippen LogP contribution < -0.4 is 10.6 Å². The molecule has 0 aliphatic heterocycles. The minimum atomic E-state index is -0.983. The van der Waals surface area contributed by atoms with Gasteiger partial charge in [-0.3, -0.25) is 19.7 Å². The number of benzene rings is 2. The number of hydrogen-bond acceptors (Lipinski definition) is 7. The van der Waals surface area contributed by atoms with Crippen molar-refractivity contribution in [3.63, 3.8) is 0 Å². The Kier molecular flexibility index (Phi) is 7.72. The second-order valence-corrected chi connectivity index (χ2v) is 6.69. The Labute approximate surface area is 171 Å². The average Bonchev–Trinajstić information content (AvgIpc) is 2.72. The molecule has 0 aliphatic carbocycles. The molecule has 2 aromatic carbocycles. The quantitative estimate of drug-likeness (QED) is 0.287. The van der Waals surface area contributed by atoms with E-state index >= 15 is 0 Å². The van der Waals surface area contributed by atoms with E-state index in [1.54, 1.807) is 36.6 Å². The number of primary amides is 1. The number of carbonyl (C=O) groups excluding carboxylic acids is 3. The van der Waals surface area contributed by atoms with Gasteiger partial charge >= 0.3 is 5.97 Å². The summed E-state index contributed by atoms with van der Waals surface area (Å²) >= 11 is 1.31. The fraction of sp³-hybridized carbons (Fsp3) is 0.211. The number of para-hydroxylation sites is 1. The molecule has 2 N–H and O–H groups in total. The summed E-state index contributed by atoms with van der Waals surface area (Å²) in [5, 5.41) is 11.2. The van der Waals surface area contributed by atoms with Crippen molar-refractivity contribution >= 4 is 40.9 Å². The van der Waals surface area contributed by atoms with Crippen molar-refractivity contribution in [1.82, 2.24) is 0 Å². The van der Waals surface area contributed by atoms with Crippen LogP contribution in [0.1, 0.15) is 16.8 Å². The van der Waals surface area contributed by atoms with Gasteiger partial charge in [0.15, 0.2) is 6.61 Å². The van der Waals surface area contributed by atoms with Crippen molar-refractivity contribution in [2.24, 2.45) is 5.73 Å². The molecule has 10 heteroatoms. The Balaban J connectivity index is 2.16. The lowest BCUT2D eigenvalue weighted by Crippen LogP contribution is -2.37. The van der Waals surface area contributed by atoms with Crippen LogP contribution in [0.5, 0.6) is 0 Å². The Bertz CT molecular complexity index is 919. The first kappa shape index (κ1) is 21.9. The molecule has 0 atom stereocenters. The largest absolute Gasteiger partial charge is 0.452 e. The van der Waals surface area contributed by atoms with Gasteiger partial charge in [0.1, 0.15) is 5.56 Å². The molecular weight excluding hydrogens is 398 g/mol. The summed E-state index contributed by atoms with van der Waals surface area (Å²) in [6.07, 6.45) is 1.69.